The molecule has 0 saturated carbocycles. The van der Waals surface area contributed by atoms with Crippen LogP contribution in [0.25, 0.3) is 0 Å². The molecule has 0 bridgehead atoms. The lowest BCUT2D eigenvalue weighted by atomic mass is 10.3. The van der Waals surface area contributed by atoms with Gasteiger partial charge >= 0.3 is 0 Å². The molecule has 0 radical (unpaired) electrons. The number of nitrogens with zero attached hydrogens (tertiary/aromatic N) is 2. The number of furan rings is 1. The second-order valence-corrected chi connectivity index (χ2v) is 7.45. The standard InChI is InChI=1S/C15H18N2O3S/c1-13-12-21(18,19)11-9-16(13)17(15-8-5-10-20-15)14-6-3-2-4-7-14/h2-8,10,13H,9,11-12H2,1H3. The number of para-hydroxylation sites is 1. The van der Waals surface area contributed by atoms with E-state index in [-0.39, 0.29) is 17.5 Å². The second kappa shape index (κ2) is 5.54. The minimum atomic E-state index is -2.95. The summed E-state index contributed by atoms with van der Waals surface area (Å²) in [6.07, 6.45) is 1.62. The van der Waals surface area contributed by atoms with Crippen molar-refractivity contribution in [3.05, 3.63) is 48.7 Å². The van der Waals surface area contributed by atoms with Gasteiger partial charge in [0.2, 0.25) is 5.88 Å². The Morgan fingerprint density at radius 2 is 1.95 bits per heavy atom. The van der Waals surface area contributed by atoms with Gasteiger partial charge in [0.1, 0.15) is 0 Å². The molecule has 2 aromatic rings. The topological polar surface area (TPSA) is 53.8 Å². The van der Waals surface area contributed by atoms with Gasteiger partial charge < -0.3 is 4.42 Å². The van der Waals surface area contributed by atoms with Gasteiger partial charge in [0.15, 0.2) is 9.84 Å². The first kappa shape index (κ1) is 14.2. The number of hydrogen-bond donors (Lipinski definition) is 0. The Bertz CT molecular complexity index is 683. The molecule has 1 unspecified atom stereocenters. The van der Waals surface area contributed by atoms with E-state index in [0.29, 0.717) is 12.4 Å². The van der Waals surface area contributed by atoms with Crippen LogP contribution in [0, 0.1) is 0 Å². The van der Waals surface area contributed by atoms with Gasteiger partial charge in [0.25, 0.3) is 0 Å². The molecule has 1 fully saturated rings. The third-order valence-corrected chi connectivity index (χ3v) is 5.40. The van der Waals surface area contributed by atoms with Crippen LogP contribution in [0.3, 0.4) is 0 Å². The number of rotatable bonds is 3. The largest absolute Gasteiger partial charge is 0.447 e. The highest BCUT2D eigenvalue weighted by Crippen LogP contribution is 2.30. The second-order valence-electron chi connectivity index (χ2n) is 5.23. The first-order valence-corrected chi connectivity index (χ1v) is 8.75. The van der Waals surface area contributed by atoms with Gasteiger partial charge in [0.05, 0.1) is 23.5 Å². The van der Waals surface area contributed by atoms with Gasteiger partial charge in [-0.2, -0.15) is 0 Å². The third kappa shape index (κ3) is 2.96. The first-order chi connectivity index (χ1) is 10.1. The van der Waals surface area contributed by atoms with Crippen molar-refractivity contribution in [1.82, 2.24) is 5.01 Å². The number of hydrogen-bond acceptors (Lipinski definition) is 5. The van der Waals surface area contributed by atoms with Crippen molar-refractivity contribution in [2.45, 2.75) is 13.0 Å². The molecule has 6 heteroatoms. The van der Waals surface area contributed by atoms with Crippen molar-refractivity contribution < 1.29 is 12.8 Å². The van der Waals surface area contributed by atoms with Crippen molar-refractivity contribution in [1.29, 1.82) is 0 Å². The molecule has 1 atom stereocenters. The Balaban J connectivity index is 1.97. The van der Waals surface area contributed by atoms with Crippen molar-refractivity contribution in [2.75, 3.05) is 23.1 Å². The lowest BCUT2D eigenvalue weighted by Gasteiger charge is -2.41. The van der Waals surface area contributed by atoms with Crippen molar-refractivity contribution >= 4 is 21.4 Å². The Hall–Kier alpha value is -1.79. The van der Waals surface area contributed by atoms with Gasteiger partial charge in [-0.15, -0.1) is 0 Å². The van der Waals surface area contributed by atoms with Crippen LogP contribution in [0.5, 0.6) is 0 Å². The Kier molecular flexibility index (Phi) is 3.73. The number of sulfone groups is 1. The van der Waals surface area contributed by atoms with E-state index < -0.39 is 9.84 Å². The number of hydrazine groups is 1. The molecule has 1 saturated heterocycles. The van der Waals surface area contributed by atoms with Crippen LogP contribution < -0.4 is 5.01 Å². The van der Waals surface area contributed by atoms with E-state index in [9.17, 15) is 8.42 Å². The van der Waals surface area contributed by atoms with E-state index in [1.165, 1.54) is 0 Å². The average Bonchev–Trinajstić information content (AvgIpc) is 2.96. The zero-order chi connectivity index (χ0) is 14.9. The monoisotopic (exact) mass is 306 g/mol. The molecule has 2 heterocycles. The third-order valence-electron chi connectivity index (χ3n) is 3.61. The lowest BCUT2D eigenvalue weighted by molar-refractivity contribution is 0.219. The Labute approximate surface area is 124 Å². The molecule has 21 heavy (non-hydrogen) atoms. The van der Waals surface area contributed by atoms with Crippen molar-refractivity contribution in [3.8, 4) is 0 Å². The summed E-state index contributed by atoms with van der Waals surface area (Å²) in [6, 6.07) is 13.4. The van der Waals surface area contributed by atoms with Crippen LogP contribution in [0.1, 0.15) is 6.92 Å². The van der Waals surface area contributed by atoms with Crippen LogP contribution in [-0.4, -0.2) is 37.5 Å². The summed E-state index contributed by atoms with van der Waals surface area (Å²) >= 11 is 0. The van der Waals surface area contributed by atoms with E-state index in [0.717, 1.165) is 5.69 Å². The molecule has 5 nitrogen and oxygen atoms in total. The maximum atomic E-state index is 11.8. The molecule has 0 spiro atoms. The highest BCUT2D eigenvalue weighted by atomic mass is 32.2. The van der Waals surface area contributed by atoms with E-state index in [2.05, 4.69) is 5.01 Å². The zero-order valence-corrected chi connectivity index (χ0v) is 12.7. The minimum absolute atomic E-state index is 0.103. The van der Waals surface area contributed by atoms with E-state index in [1.807, 2.05) is 54.4 Å². The Morgan fingerprint density at radius 3 is 2.57 bits per heavy atom. The van der Waals surface area contributed by atoms with Crippen LogP contribution >= 0.6 is 0 Å². The summed E-state index contributed by atoms with van der Waals surface area (Å²) in [4.78, 5) is 0. The minimum Gasteiger partial charge on any atom is -0.447 e. The fourth-order valence-corrected chi connectivity index (χ4v) is 4.19. The summed E-state index contributed by atoms with van der Waals surface area (Å²) in [5, 5.41) is 4.01. The normalized spacial score (nSPS) is 22.0. The van der Waals surface area contributed by atoms with Crippen LogP contribution in [0.4, 0.5) is 11.6 Å². The fraction of sp³-hybridized carbons (Fsp3) is 0.333. The number of anilines is 2. The van der Waals surface area contributed by atoms with Gasteiger partial charge in [0, 0.05) is 18.7 Å². The lowest BCUT2D eigenvalue weighted by Crippen LogP contribution is -2.53. The molecule has 1 aliphatic heterocycles. The SMILES string of the molecule is CC1CS(=O)(=O)CCN1N(c1ccccc1)c1ccco1. The van der Waals surface area contributed by atoms with Crippen LogP contribution in [-0.2, 0) is 9.84 Å². The predicted octanol–water partition coefficient (Wildman–Crippen LogP) is 2.45. The highest BCUT2D eigenvalue weighted by Gasteiger charge is 2.33. The predicted molar refractivity (Wildman–Crippen MR) is 82.1 cm³/mol. The van der Waals surface area contributed by atoms with E-state index >= 15 is 0 Å². The van der Waals surface area contributed by atoms with Gasteiger partial charge in [-0.25, -0.2) is 18.4 Å². The maximum Gasteiger partial charge on any atom is 0.214 e. The number of benzene rings is 1. The first-order valence-electron chi connectivity index (χ1n) is 6.92. The highest BCUT2D eigenvalue weighted by molar-refractivity contribution is 7.91. The van der Waals surface area contributed by atoms with Crippen LogP contribution in [0.15, 0.2) is 53.1 Å². The zero-order valence-electron chi connectivity index (χ0n) is 11.8. The molecule has 0 N–H and O–H groups in total. The van der Waals surface area contributed by atoms with Gasteiger partial charge in [-0.3, -0.25) is 0 Å². The average molecular weight is 306 g/mol. The molecule has 0 aliphatic carbocycles. The molecule has 0 amide bonds. The van der Waals surface area contributed by atoms with Gasteiger partial charge in [-0.1, -0.05) is 18.2 Å². The molecular formula is C15H18N2O3S. The van der Waals surface area contributed by atoms with Crippen molar-refractivity contribution in [3.63, 3.8) is 0 Å². The maximum absolute atomic E-state index is 11.8. The summed E-state index contributed by atoms with van der Waals surface area (Å²) in [6.45, 7) is 2.38. The summed E-state index contributed by atoms with van der Waals surface area (Å²) in [7, 11) is -2.95. The van der Waals surface area contributed by atoms with E-state index in [4.69, 9.17) is 4.42 Å². The summed E-state index contributed by atoms with van der Waals surface area (Å²) in [5.41, 5.74) is 0.957. The molecule has 3 rings (SSSR count). The smallest absolute Gasteiger partial charge is 0.214 e. The van der Waals surface area contributed by atoms with Crippen molar-refractivity contribution in [2.24, 2.45) is 0 Å². The summed E-state index contributed by atoms with van der Waals surface area (Å²) in [5.74, 6) is 1.02. The van der Waals surface area contributed by atoms with E-state index in [1.54, 1.807) is 6.26 Å². The molecule has 112 valence electrons. The summed E-state index contributed by atoms with van der Waals surface area (Å²) < 4.78 is 29.1. The van der Waals surface area contributed by atoms with Crippen LogP contribution in [0.2, 0.25) is 0 Å². The molecule has 1 aromatic carbocycles. The fourth-order valence-electron chi connectivity index (χ4n) is 2.65. The quantitative estimate of drug-likeness (QED) is 0.872. The Morgan fingerprint density at radius 1 is 1.19 bits per heavy atom. The molecule has 1 aromatic heterocycles. The molecule has 1 aliphatic rings. The molecular weight excluding hydrogens is 288 g/mol. The van der Waals surface area contributed by atoms with Gasteiger partial charge in [-0.05, 0) is 25.1 Å².